The van der Waals surface area contributed by atoms with E-state index in [4.69, 9.17) is 11.6 Å². The smallest absolute Gasteiger partial charge is 0.0570 e. The Morgan fingerprint density at radius 1 is 1.17 bits per heavy atom. The van der Waals surface area contributed by atoms with E-state index in [0.29, 0.717) is 6.04 Å². The van der Waals surface area contributed by atoms with Crippen LogP contribution in [0.3, 0.4) is 0 Å². The van der Waals surface area contributed by atoms with Gasteiger partial charge in [-0.25, -0.2) is 0 Å². The number of hydrogen-bond acceptors (Lipinski definition) is 3. The van der Waals surface area contributed by atoms with E-state index in [0.717, 1.165) is 48.8 Å². The number of piperidine rings is 1. The molecule has 1 aromatic carbocycles. The van der Waals surface area contributed by atoms with Crippen molar-refractivity contribution in [1.29, 1.82) is 0 Å². The third-order valence-corrected chi connectivity index (χ3v) is 5.10. The minimum Gasteiger partial charge on any atom is -0.371 e. The third kappa shape index (κ3) is 4.04. The first-order valence-corrected chi connectivity index (χ1v) is 8.66. The van der Waals surface area contributed by atoms with Gasteiger partial charge in [-0.2, -0.15) is 0 Å². The number of nitrogens with one attached hydrogen (secondary N) is 1. The van der Waals surface area contributed by atoms with Gasteiger partial charge in [0.1, 0.15) is 0 Å². The van der Waals surface area contributed by atoms with E-state index < -0.39 is 0 Å². The minimum atomic E-state index is 0.563. The number of hydrogen-bond donors (Lipinski definition) is 1. The molecule has 122 valence electrons. The number of halogens is 1. The van der Waals surface area contributed by atoms with Crippen molar-refractivity contribution in [3.63, 3.8) is 0 Å². The highest BCUT2D eigenvalue weighted by atomic mass is 35.5. The van der Waals surface area contributed by atoms with E-state index in [9.17, 15) is 0 Å². The average Bonchev–Trinajstić information content (AvgIpc) is 2.57. The number of aryl methyl sites for hydroxylation is 2. The van der Waals surface area contributed by atoms with Crippen molar-refractivity contribution in [2.45, 2.75) is 39.3 Å². The third-order valence-electron chi connectivity index (χ3n) is 4.69. The van der Waals surface area contributed by atoms with Crippen molar-refractivity contribution in [3.05, 3.63) is 58.4 Å². The van der Waals surface area contributed by atoms with Gasteiger partial charge >= 0.3 is 0 Å². The van der Waals surface area contributed by atoms with Crippen molar-refractivity contribution < 1.29 is 0 Å². The molecule has 0 unspecified atom stereocenters. The monoisotopic (exact) mass is 329 g/mol. The lowest BCUT2D eigenvalue weighted by Crippen LogP contribution is -2.42. The molecule has 1 aliphatic heterocycles. The fourth-order valence-corrected chi connectivity index (χ4v) is 3.24. The highest BCUT2D eigenvalue weighted by molar-refractivity contribution is 6.31. The molecule has 0 amide bonds. The normalized spacial score (nSPS) is 15.9. The molecule has 1 aromatic heterocycles. The van der Waals surface area contributed by atoms with Crippen LogP contribution < -0.4 is 10.2 Å². The van der Waals surface area contributed by atoms with Gasteiger partial charge in [-0.15, -0.1) is 0 Å². The second-order valence-electron chi connectivity index (χ2n) is 6.34. The van der Waals surface area contributed by atoms with Crippen LogP contribution in [0.2, 0.25) is 5.02 Å². The van der Waals surface area contributed by atoms with Crippen molar-refractivity contribution in [2.24, 2.45) is 0 Å². The summed E-state index contributed by atoms with van der Waals surface area (Å²) in [4.78, 5) is 6.88. The number of aromatic nitrogens is 1. The van der Waals surface area contributed by atoms with Gasteiger partial charge < -0.3 is 10.2 Å². The molecule has 1 saturated heterocycles. The van der Waals surface area contributed by atoms with Crippen LogP contribution in [0.4, 0.5) is 5.69 Å². The molecule has 0 bridgehead atoms. The van der Waals surface area contributed by atoms with Gasteiger partial charge in [0.25, 0.3) is 0 Å². The Balaban J connectivity index is 1.52. The molecule has 0 radical (unpaired) electrons. The lowest BCUT2D eigenvalue weighted by Gasteiger charge is -2.34. The van der Waals surface area contributed by atoms with Crippen LogP contribution in [0.15, 0.2) is 36.5 Å². The summed E-state index contributed by atoms with van der Waals surface area (Å²) in [6.45, 7) is 7.15. The number of pyridine rings is 1. The second kappa shape index (κ2) is 7.33. The molecule has 0 saturated carbocycles. The molecule has 3 nitrogen and oxygen atoms in total. The first kappa shape index (κ1) is 16.3. The zero-order chi connectivity index (χ0) is 16.2. The van der Waals surface area contributed by atoms with Gasteiger partial charge in [-0.1, -0.05) is 23.7 Å². The first-order chi connectivity index (χ1) is 11.1. The topological polar surface area (TPSA) is 28.2 Å². The Morgan fingerprint density at radius 2 is 1.96 bits per heavy atom. The van der Waals surface area contributed by atoms with Crippen LogP contribution in [0, 0.1) is 13.8 Å². The van der Waals surface area contributed by atoms with E-state index in [-0.39, 0.29) is 0 Å². The standard InChI is InChI=1S/C19H24ClN3/c1-14-5-6-17(12-18(14)20)23-10-7-16(8-11-23)22-13-19-15(2)4-3-9-21-19/h3-6,9,12,16,22H,7-8,10-11,13H2,1-2H3. The van der Waals surface area contributed by atoms with E-state index in [1.165, 1.54) is 11.3 Å². The van der Waals surface area contributed by atoms with Crippen molar-refractivity contribution in [2.75, 3.05) is 18.0 Å². The van der Waals surface area contributed by atoms with Crippen LogP contribution in [0.1, 0.15) is 29.7 Å². The molecule has 0 aliphatic carbocycles. The van der Waals surface area contributed by atoms with Crippen molar-refractivity contribution in [1.82, 2.24) is 10.3 Å². The molecule has 23 heavy (non-hydrogen) atoms. The number of anilines is 1. The van der Waals surface area contributed by atoms with Gasteiger partial charge in [0.2, 0.25) is 0 Å². The summed E-state index contributed by atoms with van der Waals surface area (Å²) in [6, 6.07) is 11.0. The van der Waals surface area contributed by atoms with Gasteiger partial charge in [-0.05, 0) is 56.0 Å². The molecular weight excluding hydrogens is 306 g/mol. The predicted octanol–water partition coefficient (Wildman–Crippen LogP) is 4.11. The Hall–Kier alpha value is -1.58. The molecule has 1 fully saturated rings. The average molecular weight is 330 g/mol. The number of benzene rings is 1. The summed E-state index contributed by atoms with van der Waals surface area (Å²) in [5.74, 6) is 0. The fourth-order valence-electron chi connectivity index (χ4n) is 3.06. The summed E-state index contributed by atoms with van der Waals surface area (Å²) in [5.41, 5.74) is 4.78. The summed E-state index contributed by atoms with van der Waals surface area (Å²) in [6.07, 6.45) is 4.17. The lowest BCUT2D eigenvalue weighted by atomic mass is 10.0. The number of nitrogens with zero attached hydrogens (tertiary/aromatic N) is 2. The molecule has 2 aromatic rings. The summed E-state index contributed by atoms with van der Waals surface area (Å²) in [5, 5.41) is 4.51. The van der Waals surface area contributed by atoms with E-state index >= 15 is 0 Å². The summed E-state index contributed by atoms with van der Waals surface area (Å²) >= 11 is 6.25. The van der Waals surface area contributed by atoms with Crippen LogP contribution >= 0.6 is 11.6 Å². The highest BCUT2D eigenvalue weighted by Crippen LogP contribution is 2.25. The lowest BCUT2D eigenvalue weighted by molar-refractivity contribution is 0.411. The first-order valence-electron chi connectivity index (χ1n) is 8.28. The van der Waals surface area contributed by atoms with Gasteiger partial charge in [0.05, 0.1) is 5.69 Å². The van der Waals surface area contributed by atoms with E-state index in [2.05, 4.69) is 46.4 Å². The van der Waals surface area contributed by atoms with Crippen molar-refractivity contribution >= 4 is 17.3 Å². The maximum atomic E-state index is 6.25. The molecular formula is C19H24ClN3. The molecule has 1 N–H and O–H groups in total. The quantitative estimate of drug-likeness (QED) is 0.915. The van der Waals surface area contributed by atoms with Crippen molar-refractivity contribution in [3.8, 4) is 0 Å². The van der Waals surface area contributed by atoms with Gasteiger partial charge in [-0.3, -0.25) is 4.98 Å². The highest BCUT2D eigenvalue weighted by Gasteiger charge is 2.19. The summed E-state index contributed by atoms with van der Waals surface area (Å²) < 4.78 is 0. The molecule has 4 heteroatoms. The minimum absolute atomic E-state index is 0.563. The molecule has 3 rings (SSSR count). The van der Waals surface area contributed by atoms with Crippen LogP contribution in [0.5, 0.6) is 0 Å². The van der Waals surface area contributed by atoms with Crippen LogP contribution in [-0.2, 0) is 6.54 Å². The van der Waals surface area contributed by atoms with E-state index in [1.807, 2.05) is 19.2 Å². The largest absolute Gasteiger partial charge is 0.371 e. The van der Waals surface area contributed by atoms with Crippen LogP contribution in [0.25, 0.3) is 0 Å². The predicted molar refractivity (Wildman–Crippen MR) is 97.2 cm³/mol. The second-order valence-corrected chi connectivity index (χ2v) is 6.75. The zero-order valence-electron chi connectivity index (χ0n) is 13.8. The van der Waals surface area contributed by atoms with E-state index in [1.54, 1.807) is 0 Å². The maximum Gasteiger partial charge on any atom is 0.0570 e. The number of rotatable bonds is 4. The fraction of sp³-hybridized carbons (Fsp3) is 0.421. The Labute approximate surface area is 143 Å². The maximum absolute atomic E-state index is 6.25. The summed E-state index contributed by atoms with van der Waals surface area (Å²) in [7, 11) is 0. The molecule has 1 aliphatic rings. The van der Waals surface area contributed by atoms with Gasteiger partial charge in [0.15, 0.2) is 0 Å². The molecule has 0 spiro atoms. The van der Waals surface area contributed by atoms with Crippen LogP contribution in [-0.4, -0.2) is 24.1 Å². The molecule has 0 atom stereocenters. The Morgan fingerprint density at radius 3 is 2.65 bits per heavy atom. The SMILES string of the molecule is Cc1ccc(N2CCC(NCc3ncccc3C)CC2)cc1Cl. The van der Waals surface area contributed by atoms with Gasteiger partial charge in [0, 0.05) is 42.6 Å². The zero-order valence-corrected chi connectivity index (χ0v) is 14.6. The Kier molecular flexibility index (Phi) is 5.19. The Bertz CT molecular complexity index is 663. The molecule has 2 heterocycles.